The molecule has 0 aliphatic carbocycles. The van der Waals surface area contributed by atoms with Gasteiger partial charge in [0.1, 0.15) is 13.2 Å². The molecule has 9 heteroatoms. The lowest BCUT2D eigenvalue weighted by atomic mass is 10.2. The Morgan fingerprint density at radius 3 is 2.47 bits per heavy atom. The smallest absolute Gasteiger partial charge is 0.251 e. The Kier molecular flexibility index (Phi) is 7.05. The van der Waals surface area contributed by atoms with Gasteiger partial charge in [0.25, 0.3) is 5.91 Å². The molecule has 0 atom stereocenters. The molecule has 7 nitrogen and oxygen atoms in total. The van der Waals surface area contributed by atoms with Crippen molar-refractivity contribution in [1.82, 2.24) is 14.9 Å². The van der Waals surface area contributed by atoms with Crippen LogP contribution in [-0.2, 0) is 13.2 Å². The summed E-state index contributed by atoms with van der Waals surface area (Å²) in [7, 11) is 1.55. The third-order valence-corrected chi connectivity index (χ3v) is 5.72. The van der Waals surface area contributed by atoms with Gasteiger partial charge in [0.05, 0.1) is 11.0 Å². The first-order valence-electron chi connectivity index (χ1n) is 10.4. The van der Waals surface area contributed by atoms with Crippen molar-refractivity contribution < 1.29 is 19.1 Å². The van der Waals surface area contributed by atoms with E-state index in [2.05, 4.69) is 10.3 Å². The summed E-state index contributed by atoms with van der Waals surface area (Å²) >= 11 is 12.2. The number of nitrogens with one attached hydrogen (secondary N) is 1. The van der Waals surface area contributed by atoms with E-state index in [1.165, 1.54) is 11.5 Å². The van der Waals surface area contributed by atoms with Crippen molar-refractivity contribution >= 4 is 46.0 Å². The Hall–Kier alpha value is -3.55. The maximum absolute atomic E-state index is 12.3. The SMILES string of the molecule is CNC(=O)c1ccc(OCc2nc3ccccc3n2C(C)=O)c(OCc2ccc(Cl)cc2Cl)c1. The number of imidazole rings is 1. The van der Waals surface area contributed by atoms with Crippen LogP contribution in [-0.4, -0.2) is 28.4 Å². The molecule has 0 bridgehead atoms. The zero-order valence-corrected chi connectivity index (χ0v) is 20.0. The lowest BCUT2D eigenvalue weighted by Crippen LogP contribution is -2.18. The van der Waals surface area contributed by atoms with Gasteiger partial charge in [-0.2, -0.15) is 0 Å². The van der Waals surface area contributed by atoms with E-state index < -0.39 is 0 Å². The fraction of sp³-hybridized carbons (Fsp3) is 0.160. The van der Waals surface area contributed by atoms with Crippen molar-refractivity contribution in [3.05, 3.63) is 87.7 Å². The molecule has 1 aromatic heterocycles. The molecule has 4 aromatic rings. The van der Waals surface area contributed by atoms with E-state index in [1.807, 2.05) is 24.3 Å². The minimum absolute atomic E-state index is 0.0195. The van der Waals surface area contributed by atoms with Gasteiger partial charge in [-0.3, -0.25) is 14.2 Å². The quantitative estimate of drug-likeness (QED) is 0.363. The standard InChI is InChI=1S/C25H21Cl2N3O4/c1-15(31)30-21-6-4-3-5-20(21)29-24(30)14-34-22-10-8-16(25(32)28-2)11-23(22)33-13-17-7-9-18(26)12-19(17)27/h3-12H,13-14H2,1-2H3,(H,28,32). The van der Waals surface area contributed by atoms with Crippen LogP contribution in [0.25, 0.3) is 11.0 Å². The van der Waals surface area contributed by atoms with Crippen LogP contribution in [0.2, 0.25) is 10.0 Å². The van der Waals surface area contributed by atoms with Gasteiger partial charge >= 0.3 is 0 Å². The van der Waals surface area contributed by atoms with E-state index in [9.17, 15) is 9.59 Å². The van der Waals surface area contributed by atoms with Crippen LogP contribution in [0.1, 0.15) is 33.5 Å². The minimum Gasteiger partial charge on any atom is -0.485 e. The van der Waals surface area contributed by atoms with E-state index >= 15 is 0 Å². The van der Waals surface area contributed by atoms with Crippen molar-refractivity contribution in [2.75, 3.05) is 7.05 Å². The zero-order chi connectivity index (χ0) is 24.2. The molecule has 1 heterocycles. The summed E-state index contributed by atoms with van der Waals surface area (Å²) in [4.78, 5) is 28.9. The fourth-order valence-electron chi connectivity index (χ4n) is 3.49. The highest BCUT2D eigenvalue weighted by Crippen LogP contribution is 2.31. The molecule has 4 rings (SSSR count). The highest BCUT2D eigenvalue weighted by molar-refractivity contribution is 6.35. The molecule has 174 valence electrons. The summed E-state index contributed by atoms with van der Waals surface area (Å²) in [5.41, 5.74) is 2.53. The second-order valence-corrected chi connectivity index (χ2v) is 8.27. The van der Waals surface area contributed by atoms with Gasteiger partial charge in [-0.05, 0) is 42.5 Å². The maximum Gasteiger partial charge on any atom is 0.251 e. The van der Waals surface area contributed by atoms with E-state index in [4.69, 9.17) is 32.7 Å². The van der Waals surface area contributed by atoms with Gasteiger partial charge in [-0.15, -0.1) is 0 Å². The lowest BCUT2D eigenvalue weighted by Gasteiger charge is -2.15. The molecule has 0 saturated heterocycles. The molecule has 1 N–H and O–H groups in total. The molecular formula is C25H21Cl2N3O4. The molecule has 0 unspecified atom stereocenters. The summed E-state index contributed by atoms with van der Waals surface area (Å²) in [5, 5.41) is 3.57. The summed E-state index contributed by atoms with van der Waals surface area (Å²) in [5.74, 6) is 0.753. The number of aromatic nitrogens is 2. The highest BCUT2D eigenvalue weighted by atomic mass is 35.5. The normalized spacial score (nSPS) is 10.8. The van der Waals surface area contributed by atoms with Crippen LogP contribution in [0.15, 0.2) is 60.7 Å². The fourth-order valence-corrected chi connectivity index (χ4v) is 3.95. The molecule has 34 heavy (non-hydrogen) atoms. The molecule has 0 aliphatic rings. The molecule has 1 amide bonds. The molecular weight excluding hydrogens is 477 g/mol. The summed E-state index contributed by atoms with van der Waals surface area (Å²) in [6.07, 6.45) is 0. The second-order valence-electron chi connectivity index (χ2n) is 7.42. The third kappa shape index (κ3) is 5.00. The number of nitrogens with zero attached hydrogens (tertiary/aromatic N) is 2. The third-order valence-electron chi connectivity index (χ3n) is 5.13. The van der Waals surface area contributed by atoms with Crippen molar-refractivity contribution in [3.8, 4) is 11.5 Å². The Labute approximate surface area is 206 Å². The number of rotatable bonds is 7. The monoisotopic (exact) mass is 497 g/mol. The van der Waals surface area contributed by atoms with E-state index in [-0.39, 0.29) is 25.0 Å². The number of halogens is 2. The van der Waals surface area contributed by atoms with Crippen molar-refractivity contribution in [2.24, 2.45) is 0 Å². The number of benzene rings is 3. The number of carbonyl (C=O) groups is 2. The number of hydrogen-bond donors (Lipinski definition) is 1. The molecule has 0 fully saturated rings. The largest absolute Gasteiger partial charge is 0.485 e. The molecule has 3 aromatic carbocycles. The van der Waals surface area contributed by atoms with Crippen molar-refractivity contribution in [1.29, 1.82) is 0 Å². The molecule has 0 radical (unpaired) electrons. The number of para-hydroxylation sites is 2. The van der Waals surface area contributed by atoms with E-state index in [0.29, 0.717) is 44.0 Å². The van der Waals surface area contributed by atoms with E-state index in [1.54, 1.807) is 43.4 Å². The van der Waals surface area contributed by atoms with Crippen LogP contribution in [0.4, 0.5) is 0 Å². The van der Waals surface area contributed by atoms with Gasteiger partial charge < -0.3 is 14.8 Å². The van der Waals surface area contributed by atoms with Gasteiger partial charge in [0.2, 0.25) is 5.91 Å². The van der Waals surface area contributed by atoms with Crippen LogP contribution < -0.4 is 14.8 Å². The van der Waals surface area contributed by atoms with Crippen LogP contribution in [0.5, 0.6) is 11.5 Å². The predicted octanol–water partition coefficient (Wildman–Crippen LogP) is 5.52. The van der Waals surface area contributed by atoms with Crippen LogP contribution in [0, 0.1) is 0 Å². The number of fused-ring (bicyclic) bond motifs is 1. The first-order chi connectivity index (χ1) is 16.4. The van der Waals surface area contributed by atoms with Gasteiger partial charge in [0, 0.05) is 35.1 Å². The minimum atomic E-state index is -0.265. The Bertz CT molecular complexity index is 1380. The average molecular weight is 498 g/mol. The van der Waals surface area contributed by atoms with Gasteiger partial charge in [-0.25, -0.2) is 4.98 Å². The van der Waals surface area contributed by atoms with Gasteiger partial charge in [-0.1, -0.05) is 41.4 Å². The van der Waals surface area contributed by atoms with Crippen LogP contribution >= 0.6 is 23.2 Å². The van der Waals surface area contributed by atoms with Crippen LogP contribution in [0.3, 0.4) is 0 Å². The molecule has 0 spiro atoms. The zero-order valence-electron chi connectivity index (χ0n) is 18.5. The van der Waals surface area contributed by atoms with E-state index in [0.717, 1.165) is 5.56 Å². The van der Waals surface area contributed by atoms with Crippen molar-refractivity contribution in [3.63, 3.8) is 0 Å². The second kappa shape index (κ2) is 10.2. The Morgan fingerprint density at radius 1 is 0.971 bits per heavy atom. The summed E-state index contributed by atoms with van der Waals surface area (Å²) < 4.78 is 13.5. The first kappa shape index (κ1) is 23.6. The Morgan fingerprint density at radius 2 is 1.74 bits per heavy atom. The summed E-state index contributed by atoms with van der Waals surface area (Å²) in [6, 6.07) is 17.3. The summed E-state index contributed by atoms with van der Waals surface area (Å²) in [6.45, 7) is 1.63. The number of amides is 1. The molecule has 0 saturated carbocycles. The number of carbonyl (C=O) groups excluding carboxylic acids is 2. The lowest BCUT2D eigenvalue weighted by molar-refractivity contribution is 0.0930. The van der Waals surface area contributed by atoms with Gasteiger partial charge in [0.15, 0.2) is 17.3 Å². The predicted molar refractivity (Wildman–Crippen MR) is 131 cm³/mol. The van der Waals surface area contributed by atoms with Crippen molar-refractivity contribution in [2.45, 2.75) is 20.1 Å². The Balaban J connectivity index is 1.62. The topological polar surface area (TPSA) is 82.5 Å². The number of ether oxygens (including phenoxy) is 2. The average Bonchev–Trinajstić information content (AvgIpc) is 3.20. The maximum atomic E-state index is 12.3. The number of hydrogen-bond acceptors (Lipinski definition) is 5. The molecule has 0 aliphatic heterocycles. The first-order valence-corrected chi connectivity index (χ1v) is 11.2. The highest BCUT2D eigenvalue weighted by Gasteiger charge is 2.17.